The number of anilines is 1. The van der Waals surface area contributed by atoms with E-state index in [2.05, 4.69) is 0 Å². The lowest BCUT2D eigenvalue weighted by Gasteiger charge is -2.30. The molecule has 0 aliphatic heterocycles. The second-order valence-electron chi connectivity index (χ2n) is 4.64. The number of methoxy groups -OCH3 is 1. The lowest BCUT2D eigenvalue weighted by Crippen LogP contribution is -2.37. The molecule has 0 saturated heterocycles. The average Bonchev–Trinajstić information content (AvgIpc) is 2.37. The number of carbonyl (C=O) groups is 1. The Bertz CT molecular complexity index is 516. The lowest BCUT2D eigenvalue weighted by molar-refractivity contribution is -0.167. The highest BCUT2D eigenvalue weighted by Gasteiger charge is 2.39. The van der Waals surface area contributed by atoms with Crippen molar-refractivity contribution in [3.63, 3.8) is 0 Å². The molecule has 0 radical (unpaired) electrons. The van der Waals surface area contributed by atoms with Crippen LogP contribution in [0.25, 0.3) is 0 Å². The fourth-order valence-corrected chi connectivity index (χ4v) is 2.31. The molecule has 0 fully saturated rings. The third-order valence-corrected chi connectivity index (χ3v) is 3.34. The number of aliphatic hydroxyl groups is 1. The number of alkyl halides is 3. The van der Waals surface area contributed by atoms with Crippen molar-refractivity contribution in [1.29, 1.82) is 0 Å². The van der Waals surface area contributed by atoms with Gasteiger partial charge in [0.1, 0.15) is 0 Å². The molecule has 2 atom stereocenters. The molecule has 0 bridgehead atoms. The van der Waals surface area contributed by atoms with E-state index in [0.717, 1.165) is 5.56 Å². The van der Waals surface area contributed by atoms with Gasteiger partial charge in [0.2, 0.25) is 0 Å². The van der Waals surface area contributed by atoms with Gasteiger partial charge in [-0.2, -0.15) is 13.2 Å². The summed E-state index contributed by atoms with van der Waals surface area (Å²) in [5, 5.41) is 11.7. The molecule has 1 aliphatic rings. The molecule has 1 aliphatic carbocycles. The quantitative estimate of drug-likeness (QED) is 0.870. The van der Waals surface area contributed by atoms with Crippen LogP contribution >= 0.6 is 0 Å². The van der Waals surface area contributed by atoms with Crippen LogP contribution in [0.5, 0.6) is 0 Å². The van der Waals surface area contributed by atoms with Gasteiger partial charge in [0.25, 0.3) is 0 Å². The van der Waals surface area contributed by atoms with Crippen LogP contribution < -0.4 is 5.32 Å². The summed E-state index contributed by atoms with van der Waals surface area (Å²) in [6.45, 7) is 0. The molecule has 110 valence electrons. The summed E-state index contributed by atoms with van der Waals surface area (Å²) in [5.41, 5.74) is 1.37. The van der Waals surface area contributed by atoms with Crippen LogP contribution in [0.4, 0.5) is 18.9 Å². The molecule has 0 unspecified atom stereocenters. The van der Waals surface area contributed by atoms with E-state index >= 15 is 0 Å². The molecule has 2 N–H and O–H groups in total. The van der Waals surface area contributed by atoms with Crippen molar-refractivity contribution in [3.8, 4) is 0 Å². The fraction of sp³-hybridized carbons (Fsp3) is 0.462. The molecule has 20 heavy (non-hydrogen) atoms. The highest BCUT2D eigenvalue weighted by Crippen LogP contribution is 2.30. The Morgan fingerprint density at radius 3 is 2.70 bits per heavy atom. The van der Waals surface area contributed by atoms with Crippen LogP contribution in [0.1, 0.15) is 11.1 Å². The summed E-state index contributed by atoms with van der Waals surface area (Å²) in [7, 11) is 1.47. The van der Waals surface area contributed by atoms with Crippen LogP contribution in [0.15, 0.2) is 18.2 Å². The molecule has 0 heterocycles. The minimum atomic E-state index is -4.94. The van der Waals surface area contributed by atoms with Gasteiger partial charge in [-0.25, -0.2) is 0 Å². The van der Waals surface area contributed by atoms with Gasteiger partial charge >= 0.3 is 12.1 Å². The van der Waals surface area contributed by atoms with Crippen LogP contribution in [0, 0.1) is 0 Å². The van der Waals surface area contributed by atoms with Crippen molar-refractivity contribution in [2.75, 3.05) is 12.4 Å². The zero-order valence-corrected chi connectivity index (χ0v) is 10.7. The van der Waals surface area contributed by atoms with E-state index in [-0.39, 0.29) is 12.1 Å². The molecule has 0 saturated carbocycles. The molecule has 1 aromatic rings. The molecular formula is C13H14F3NO3. The summed E-state index contributed by atoms with van der Waals surface area (Å²) in [6.07, 6.45) is -5.61. The highest BCUT2D eigenvalue weighted by molar-refractivity contribution is 5.95. The maximum Gasteiger partial charge on any atom is 0.471 e. The molecule has 7 heteroatoms. The largest absolute Gasteiger partial charge is 0.471 e. The third-order valence-electron chi connectivity index (χ3n) is 3.34. The number of ether oxygens (including phenoxy) is 1. The highest BCUT2D eigenvalue weighted by atomic mass is 19.4. The number of amides is 1. The average molecular weight is 289 g/mol. The molecule has 1 aromatic carbocycles. The van der Waals surface area contributed by atoms with Crippen molar-refractivity contribution in [2.45, 2.75) is 31.2 Å². The topological polar surface area (TPSA) is 58.6 Å². The molecule has 0 spiro atoms. The summed E-state index contributed by atoms with van der Waals surface area (Å²) in [6, 6.07) is 4.70. The predicted molar refractivity (Wildman–Crippen MR) is 65.3 cm³/mol. The van der Waals surface area contributed by atoms with Crippen LogP contribution in [-0.4, -0.2) is 36.5 Å². The van der Waals surface area contributed by atoms with Crippen molar-refractivity contribution >= 4 is 11.6 Å². The van der Waals surface area contributed by atoms with Gasteiger partial charge in [-0.15, -0.1) is 0 Å². The zero-order chi connectivity index (χ0) is 14.9. The number of halogens is 3. The van der Waals surface area contributed by atoms with Gasteiger partial charge in [0.05, 0.1) is 12.2 Å². The van der Waals surface area contributed by atoms with Gasteiger partial charge in [0.15, 0.2) is 0 Å². The Balaban J connectivity index is 2.28. The molecule has 1 amide bonds. The minimum Gasteiger partial charge on any atom is -0.390 e. The third kappa shape index (κ3) is 2.94. The second kappa shape index (κ2) is 5.41. The first kappa shape index (κ1) is 14.8. The number of hydrogen-bond acceptors (Lipinski definition) is 3. The van der Waals surface area contributed by atoms with Gasteiger partial charge < -0.3 is 15.2 Å². The predicted octanol–water partition coefficient (Wildman–Crippen LogP) is 1.66. The van der Waals surface area contributed by atoms with Crippen LogP contribution in [-0.2, 0) is 22.4 Å². The smallest absolute Gasteiger partial charge is 0.390 e. The maximum absolute atomic E-state index is 12.3. The Hall–Kier alpha value is -1.60. The SMILES string of the molecule is CO[C@@H]1Cc2cccc(NC(=O)C(F)(F)F)c2C[C@H]1O. The summed E-state index contributed by atoms with van der Waals surface area (Å²) >= 11 is 0. The monoisotopic (exact) mass is 289 g/mol. The van der Waals surface area contributed by atoms with E-state index in [1.165, 1.54) is 13.2 Å². The number of fused-ring (bicyclic) bond motifs is 1. The molecule has 4 nitrogen and oxygen atoms in total. The van der Waals surface area contributed by atoms with Crippen molar-refractivity contribution in [3.05, 3.63) is 29.3 Å². The second-order valence-corrected chi connectivity index (χ2v) is 4.64. The summed E-state index contributed by atoms with van der Waals surface area (Å²) in [5.74, 6) is -2.02. The Morgan fingerprint density at radius 2 is 2.10 bits per heavy atom. The standard InChI is InChI=1S/C13H14F3NO3/c1-20-11-5-7-3-2-4-9(8(7)6-10(11)18)17-12(19)13(14,15)16/h2-4,10-11,18H,5-6H2,1H3,(H,17,19)/t10-,11-/m1/s1. The number of aliphatic hydroxyl groups excluding tert-OH is 1. The normalized spacial score (nSPS) is 22.2. The Kier molecular flexibility index (Phi) is 4.01. The first-order valence-corrected chi connectivity index (χ1v) is 6.02. The molecule has 2 rings (SSSR count). The molecular weight excluding hydrogens is 275 g/mol. The number of hydrogen-bond donors (Lipinski definition) is 2. The zero-order valence-electron chi connectivity index (χ0n) is 10.7. The van der Waals surface area contributed by atoms with E-state index in [9.17, 15) is 23.1 Å². The number of carbonyl (C=O) groups excluding carboxylic acids is 1. The Morgan fingerprint density at radius 1 is 1.40 bits per heavy atom. The summed E-state index contributed by atoms with van der Waals surface area (Å²) in [4.78, 5) is 11.0. The van der Waals surface area contributed by atoms with Gasteiger partial charge in [-0.05, 0) is 17.2 Å². The first-order chi connectivity index (χ1) is 9.32. The van der Waals surface area contributed by atoms with Gasteiger partial charge in [-0.3, -0.25) is 4.79 Å². The number of nitrogens with one attached hydrogen (secondary N) is 1. The minimum absolute atomic E-state index is 0.0819. The Labute approximate surface area is 113 Å². The fourth-order valence-electron chi connectivity index (χ4n) is 2.31. The van der Waals surface area contributed by atoms with Crippen LogP contribution in [0.2, 0.25) is 0 Å². The van der Waals surface area contributed by atoms with Gasteiger partial charge in [0, 0.05) is 25.6 Å². The van der Waals surface area contributed by atoms with E-state index < -0.39 is 24.3 Å². The lowest BCUT2D eigenvalue weighted by atomic mass is 9.86. The van der Waals surface area contributed by atoms with E-state index in [0.29, 0.717) is 12.0 Å². The maximum atomic E-state index is 12.3. The van der Waals surface area contributed by atoms with Crippen molar-refractivity contribution in [2.24, 2.45) is 0 Å². The van der Waals surface area contributed by atoms with E-state index in [1.807, 2.05) is 5.32 Å². The van der Waals surface area contributed by atoms with Crippen molar-refractivity contribution < 1.29 is 27.8 Å². The molecule has 0 aromatic heterocycles. The van der Waals surface area contributed by atoms with E-state index in [4.69, 9.17) is 4.74 Å². The summed E-state index contributed by atoms with van der Waals surface area (Å²) < 4.78 is 42.0. The van der Waals surface area contributed by atoms with E-state index in [1.54, 1.807) is 12.1 Å². The van der Waals surface area contributed by atoms with Gasteiger partial charge in [-0.1, -0.05) is 12.1 Å². The van der Waals surface area contributed by atoms with Crippen LogP contribution in [0.3, 0.4) is 0 Å². The first-order valence-electron chi connectivity index (χ1n) is 6.02. The van der Waals surface area contributed by atoms with Crippen molar-refractivity contribution in [1.82, 2.24) is 0 Å². The number of rotatable bonds is 2. The number of benzene rings is 1.